The fourth-order valence-corrected chi connectivity index (χ4v) is 8.65. The molecule has 1 fully saturated rings. The number of alkyl halides is 6. The Morgan fingerprint density at radius 3 is 1.28 bits per heavy atom. The molecule has 64 heavy (non-hydrogen) atoms. The standard InChI is InChI=1S/C43H38F6N8O5S2/c1-54(39-52-50-37(63-39)42(44,45)46)35(60)29-17-9-15-27(19-29)23-56-31(21-25-11-5-3-6-12-25)33(58)34(59)32(22-26-13-7-4-8-14-26)57(41(56)62)24-28-16-10-18-30(20-28)36(61)55(2)40-53-51-38(64-40)43(47,48)49/h3-20,31-34,58-59H,21-24H2,1-2H3/t31-,32-,33+,34+/m1/s1. The average molecular weight is 925 g/mol. The van der Waals surface area contributed by atoms with Gasteiger partial charge in [-0.2, -0.15) is 26.3 Å². The number of urea groups is 1. The molecule has 0 radical (unpaired) electrons. The third-order valence-corrected chi connectivity index (χ3v) is 12.6. The summed E-state index contributed by atoms with van der Waals surface area (Å²) in [5.41, 5.74) is 2.39. The molecule has 1 saturated heterocycles. The molecular weight excluding hydrogens is 887 g/mol. The van der Waals surface area contributed by atoms with E-state index in [4.69, 9.17) is 0 Å². The van der Waals surface area contributed by atoms with Crippen molar-refractivity contribution in [2.45, 2.75) is 62.6 Å². The Kier molecular flexibility index (Phi) is 13.4. The number of nitrogens with zero attached hydrogens (tertiary/aromatic N) is 8. The Morgan fingerprint density at radius 1 is 0.578 bits per heavy atom. The van der Waals surface area contributed by atoms with Gasteiger partial charge >= 0.3 is 18.4 Å². The molecule has 7 rings (SSSR count). The van der Waals surface area contributed by atoms with Gasteiger partial charge < -0.3 is 20.0 Å². The van der Waals surface area contributed by atoms with E-state index >= 15 is 4.79 Å². The quantitative estimate of drug-likeness (QED) is 0.120. The number of amides is 4. The van der Waals surface area contributed by atoms with Gasteiger partial charge in [0, 0.05) is 38.3 Å². The van der Waals surface area contributed by atoms with Crippen molar-refractivity contribution in [3.8, 4) is 0 Å². The summed E-state index contributed by atoms with van der Waals surface area (Å²) in [5.74, 6) is -1.41. The number of hydrogen-bond donors (Lipinski definition) is 2. The van der Waals surface area contributed by atoms with E-state index in [0.29, 0.717) is 11.1 Å². The molecule has 0 spiro atoms. The van der Waals surface area contributed by atoms with Crippen LogP contribution in [0.3, 0.4) is 0 Å². The number of carbonyl (C=O) groups is 3. The number of carbonyl (C=O) groups excluding carboxylic acids is 3. The first-order chi connectivity index (χ1) is 30.4. The summed E-state index contributed by atoms with van der Waals surface area (Å²) in [4.78, 5) is 47.2. The topological polar surface area (TPSA) is 156 Å². The molecular formula is C43H38F6N8O5S2. The van der Waals surface area contributed by atoms with E-state index < -0.39 is 64.5 Å². The first kappa shape index (κ1) is 45.7. The second kappa shape index (κ2) is 18.8. The lowest BCUT2D eigenvalue weighted by Crippen LogP contribution is -2.50. The molecule has 0 bridgehead atoms. The molecule has 0 saturated carbocycles. The molecule has 4 atom stereocenters. The molecule has 0 aliphatic carbocycles. The Labute approximate surface area is 369 Å². The summed E-state index contributed by atoms with van der Waals surface area (Å²) in [5, 5.41) is 34.7. The summed E-state index contributed by atoms with van der Waals surface area (Å²) in [7, 11) is 2.51. The molecule has 2 N–H and O–H groups in total. The molecule has 21 heteroatoms. The first-order valence-electron chi connectivity index (χ1n) is 19.5. The van der Waals surface area contributed by atoms with E-state index in [1.165, 1.54) is 48.2 Å². The van der Waals surface area contributed by atoms with Crippen molar-refractivity contribution < 1.29 is 50.9 Å². The van der Waals surface area contributed by atoms with E-state index in [0.717, 1.165) is 20.9 Å². The lowest BCUT2D eigenvalue weighted by atomic mass is 9.90. The summed E-state index contributed by atoms with van der Waals surface area (Å²) in [6.07, 6.45) is -12.4. The summed E-state index contributed by atoms with van der Waals surface area (Å²) < 4.78 is 79.7. The molecule has 0 unspecified atom stereocenters. The van der Waals surface area contributed by atoms with Crippen LogP contribution in [0, 0.1) is 0 Å². The van der Waals surface area contributed by atoms with Crippen molar-refractivity contribution in [3.05, 3.63) is 153 Å². The van der Waals surface area contributed by atoms with Crippen LogP contribution < -0.4 is 9.80 Å². The lowest BCUT2D eigenvalue weighted by Gasteiger charge is -2.36. The van der Waals surface area contributed by atoms with Crippen LogP contribution >= 0.6 is 22.7 Å². The molecule has 1 aliphatic heterocycles. The Balaban J connectivity index is 1.24. The lowest BCUT2D eigenvalue weighted by molar-refractivity contribution is -0.138. The summed E-state index contributed by atoms with van der Waals surface area (Å²) >= 11 is 0.397. The maximum absolute atomic E-state index is 15.3. The van der Waals surface area contributed by atoms with Crippen LogP contribution in [0.15, 0.2) is 109 Å². The Morgan fingerprint density at radius 2 is 0.938 bits per heavy atom. The minimum atomic E-state index is -4.76. The van der Waals surface area contributed by atoms with Crippen molar-refractivity contribution >= 4 is 50.8 Å². The predicted octanol–water partition coefficient (Wildman–Crippen LogP) is 7.36. The van der Waals surface area contributed by atoms with Gasteiger partial charge in [0.25, 0.3) is 11.8 Å². The third-order valence-electron chi connectivity index (χ3n) is 10.6. The van der Waals surface area contributed by atoms with Crippen LogP contribution in [-0.4, -0.2) is 96.6 Å². The predicted molar refractivity (Wildman–Crippen MR) is 225 cm³/mol. The molecule has 334 valence electrons. The number of hydrogen-bond acceptors (Lipinski definition) is 11. The normalized spacial score (nSPS) is 18.2. The maximum atomic E-state index is 15.3. The molecule has 1 aliphatic rings. The van der Waals surface area contributed by atoms with E-state index in [-0.39, 0.29) is 70.0 Å². The second-order valence-electron chi connectivity index (χ2n) is 14.9. The molecule has 6 aromatic rings. The highest BCUT2D eigenvalue weighted by atomic mass is 32.1. The molecule has 4 amide bonds. The largest absolute Gasteiger partial charge is 0.445 e. The van der Waals surface area contributed by atoms with Gasteiger partial charge in [-0.3, -0.25) is 19.4 Å². The van der Waals surface area contributed by atoms with Crippen molar-refractivity contribution in [2.24, 2.45) is 0 Å². The highest BCUT2D eigenvalue weighted by Gasteiger charge is 2.46. The molecule has 2 aromatic heterocycles. The number of aliphatic hydroxyl groups excluding tert-OH is 2. The van der Waals surface area contributed by atoms with Gasteiger partial charge in [-0.15, -0.1) is 20.4 Å². The first-order valence-corrected chi connectivity index (χ1v) is 21.1. The minimum absolute atomic E-state index is 0.0552. The van der Waals surface area contributed by atoms with E-state index in [9.17, 15) is 46.1 Å². The van der Waals surface area contributed by atoms with E-state index in [2.05, 4.69) is 20.4 Å². The molecule has 13 nitrogen and oxygen atoms in total. The molecule has 3 heterocycles. The second-order valence-corrected chi connectivity index (χ2v) is 16.8. The van der Waals surface area contributed by atoms with Gasteiger partial charge in [0.15, 0.2) is 0 Å². The van der Waals surface area contributed by atoms with E-state index in [1.807, 2.05) is 24.3 Å². The van der Waals surface area contributed by atoms with Crippen LogP contribution in [0.5, 0.6) is 0 Å². The van der Waals surface area contributed by atoms with E-state index in [1.54, 1.807) is 60.7 Å². The van der Waals surface area contributed by atoms with Crippen molar-refractivity contribution in [1.29, 1.82) is 0 Å². The van der Waals surface area contributed by atoms with Gasteiger partial charge in [-0.1, -0.05) is 108 Å². The van der Waals surface area contributed by atoms with Gasteiger partial charge in [0.2, 0.25) is 20.3 Å². The molecule has 4 aromatic carbocycles. The number of aliphatic hydroxyl groups is 2. The number of rotatable bonds is 12. The number of benzene rings is 4. The van der Waals surface area contributed by atoms with Crippen molar-refractivity contribution in [1.82, 2.24) is 30.2 Å². The van der Waals surface area contributed by atoms with Crippen molar-refractivity contribution in [3.63, 3.8) is 0 Å². The zero-order chi connectivity index (χ0) is 45.9. The number of anilines is 2. The fourth-order valence-electron chi connectivity index (χ4n) is 7.31. The summed E-state index contributed by atoms with van der Waals surface area (Å²) in [6, 6.07) is 27.5. The zero-order valence-corrected chi connectivity index (χ0v) is 35.4. The van der Waals surface area contributed by atoms with Gasteiger partial charge in [-0.05, 0) is 59.4 Å². The van der Waals surface area contributed by atoms with Crippen molar-refractivity contribution in [2.75, 3.05) is 23.9 Å². The fraction of sp³-hybridized carbons (Fsp3) is 0.279. The zero-order valence-electron chi connectivity index (χ0n) is 33.8. The number of halogens is 6. The van der Waals surface area contributed by atoms with Crippen LogP contribution in [0.4, 0.5) is 41.4 Å². The Bertz CT molecular complexity index is 2420. The maximum Gasteiger partial charge on any atom is 0.445 e. The smallest absolute Gasteiger partial charge is 0.388 e. The Hall–Kier alpha value is -6.29. The highest BCUT2D eigenvalue weighted by molar-refractivity contribution is 7.15. The van der Waals surface area contributed by atoms with Crippen LogP contribution in [0.25, 0.3) is 0 Å². The number of aromatic nitrogens is 4. The monoisotopic (exact) mass is 924 g/mol. The minimum Gasteiger partial charge on any atom is -0.388 e. The summed E-state index contributed by atoms with van der Waals surface area (Å²) in [6.45, 7) is -0.413. The highest BCUT2D eigenvalue weighted by Crippen LogP contribution is 2.36. The van der Waals surface area contributed by atoms with Crippen LogP contribution in [-0.2, 0) is 38.3 Å². The third kappa shape index (κ3) is 10.2. The van der Waals surface area contributed by atoms with Crippen LogP contribution in [0.2, 0.25) is 0 Å². The van der Waals surface area contributed by atoms with Gasteiger partial charge in [0.1, 0.15) is 12.2 Å². The van der Waals surface area contributed by atoms with Crippen LogP contribution in [0.1, 0.15) is 53.0 Å². The van der Waals surface area contributed by atoms with Gasteiger partial charge in [0.05, 0.1) is 12.1 Å². The average Bonchev–Trinajstić information content (AvgIpc) is 4.00. The SMILES string of the molecule is CN(C(=O)c1cccc(CN2C(=O)N(Cc3cccc(C(=O)N(C)c4nnc(C(F)(F)F)s4)c3)[C@H](Cc3ccccc3)[C@H](O)[C@@H](O)[C@H]2Cc2ccccc2)c1)c1nnc(C(F)(F)F)s1. The van der Waals surface area contributed by atoms with Gasteiger partial charge in [-0.25, -0.2) is 4.79 Å².